The number of rotatable bonds is 6. The molecule has 0 radical (unpaired) electrons. The Labute approximate surface area is 145 Å². The highest BCUT2D eigenvalue weighted by Gasteiger charge is 2.17. The highest BCUT2D eigenvalue weighted by Crippen LogP contribution is 2.26. The molecule has 0 spiro atoms. The summed E-state index contributed by atoms with van der Waals surface area (Å²) in [6.45, 7) is 1.11. The van der Waals surface area contributed by atoms with E-state index in [4.69, 9.17) is 9.47 Å². The molecule has 1 aromatic heterocycles. The summed E-state index contributed by atoms with van der Waals surface area (Å²) in [6, 6.07) is 7.65. The summed E-state index contributed by atoms with van der Waals surface area (Å²) in [7, 11) is 0. The van der Waals surface area contributed by atoms with Crippen molar-refractivity contribution in [2.24, 2.45) is 0 Å². The number of hydrogen-bond acceptors (Lipinski definition) is 4. The van der Waals surface area contributed by atoms with Gasteiger partial charge in [-0.05, 0) is 42.7 Å². The molecule has 2 aromatic rings. The number of carbonyl (C=O) groups is 1. The van der Waals surface area contributed by atoms with E-state index >= 15 is 0 Å². The lowest BCUT2D eigenvalue weighted by Gasteiger charge is -2.15. The highest BCUT2D eigenvalue weighted by molar-refractivity contribution is 6.02. The first-order valence-electron chi connectivity index (χ1n) is 8.14. The topological polar surface area (TPSA) is 60.5 Å². The zero-order valence-corrected chi connectivity index (χ0v) is 13.7. The third kappa shape index (κ3) is 5.12. The Balaban J connectivity index is 1.64. The maximum absolute atomic E-state index is 13.5. The molecule has 1 amide bonds. The first-order valence-corrected chi connectivity index (χ1v) is 8.14. The molecule has 1 aromatic carbocycles. The first-order chi connectivity index (χ1) is 12.2. The summed E-state index contributed by atoms with van der Waals surface area (Å²) < 4.78 is 24.7. The van der Waals surface area contributed by atoms with Gasteiger partial charge < -0.3 is 14.8 Å². The van der Waals surface area contributed by atoms with Crippen LogP contribution in [0.4, 0.5) is 10.1 Å². The standard InChI is InChI=1S/C19H19FN2O3/c20-15-6-7-18(25-13-16-4-2-10-24-16)17(11-15)22-19(23)8-5-14-3-1-9-21-12-14/h1,3,5-9,11-12,16H,2,4,10,13H2,(H,22,23)/b8-5+. The molecule has 25 heavy (non-hydrogen) atoms. The zero-order chi connectivity index (χ0) is 17.5. The Morgan fingerprint density at radius 3 is 3.12 bits per heavy atom. The molecular formula is C19H19FN2O3. The van der Waals surface area contributed by atoms with Gasteiger partial charge in [-0.1, -0.05) is 6.07 Å². The van der Waals surface area contributed by atoms with Gasteiger partial charge in [-0.25, -0.2) is 4.39 Å². The molecule has 2 heterocycles. The van der Waals surface area contributed by atoms with Gasteiger partial charge in [0.15, 0.2) is 0 Å². The van der Waals surface area contributed by atoms with Gasteiger partial charge in [-0.15, -0.1) is 0 Å². The molecule has 0 bridgehead atoms. The van der Waals surface area contributed by atoms with Crippen molar-refractivity contribution in [3.05, 3.63) is 60.2 Å². The van der Waals surface area contributed by atoms with E-state index < -0.39 is 5.82 Å². The number of anilines is 1. The number of aromatic nitrogens is 1. The van der Waals surface area contributed by atoms with Crippen LogP contribution in [0.25, 0.3) is 6.08 Å². The van der Waals surface area contributed by atoms with Crippen LogP contribution in [0.3, 0.4) is 0 Å². The minimum atomic E-state index is -0.448. The maximum Gasteiger partial charge on any atom is 0.248 e. The smallest absolute Gasteiger partial charge is 0.248 e. The number of halogens is 1. The monoisotopic (exact) mass is 342 g/mol. The van der Waals surface area contributed by atoms with Crippen molar-refractivity contribution in [2.45, 2.75) is 18.9 Å². The van der Waals surface area contributed by atoms with Crippen molar-refractivity contribution in [1.82, 2.24) is 4.98 Å². The molecule has 5 nitrogen and oxygen atoms in total. The number of amides is 1. The second-order valence-electron chi connectivity index (χ2n) is 5.70. The molecule has 6 heteroatoms. The van der Waals surface area contributed by atoms with Gasteiger partial charge in [0.05, 0.1) is 11.8 Å². The summed E-state index contributed by atoms with van der Waals surface area (Å²) in [6.07, 6.45) is 8.29. The van der Waals surface area contributed by atoms with Gasteiger partial charge in [0.2, 0.25) is 5.91 Å². The molecule has 1 atom stereocenters. The molecule has 1 saturated heterocycles. The molecule has 0 aliphatic carbocycles. The van der Waals surface area contributed by atoms with E-state index in [1.807, 2.05) is 6.07 Å². The van der Waals surface area contributed by atoms with E-state index in [9.17, 15) is 9.18 Å². The molecule has 1 N–H and O–H groups in total. The summed E-state index contributed by atoms with van der Waals surface area (Å²) in [4.78, 5) is 16.1. The van der Waals surface area contributed by atoms with Crippen molar-refractivity contribution in [3.8, 4) is 5.75 Å². The number of hydrogen-bond donors (Lipinski definition) is 1. The lowest BCUT2D eigenvalue weighted by atomic mass is 10.2. The SMILES string of the molecule is O=C(/C=C/c1cccnc1)Nc1cc(F)ccc1OCC1CCCO1. The third-order valence-corrected chi connectivity index (χ3v) is 3.76. The lowest BCUT2D eigenvalue weighted by molar-refractivity contribution is -0.111. The first kappa shape index (κ1) is 17.1. The predicted octanol–water partition coefficient (Wildman–Crippen LogP) is 3.43. The van der Waals surface area contributed by atoms with Gasteiger partial charge in [-0.2, -0.15) is 0 Å². The average Bonchev–Trinajstić information content (AvgIpc) is 3.14. The molecule has 3 rings (SSSR count). The van der Waals surface area contributed by atoms with E-state index in [-0.39, 0.29) is 12.0 Å². The summed E-state index contributed by atoms with van der Waals surface area (Å²) in [5.41, 5.74) is 1.09. The molecule has 1 aliphatic rings. The van der Waals surface area contributed by atoms with Gasteiger partial charge in [0, 0.05) is 31.1 Å². The number of pyridine rings is 1. The Morgan fingerprint density at radius 1 is 1.44 bits per heavy atom. The van der Waals surface area contributed by atoms with Crippen molar-refractivity contribution < 1.29 is 18.7 Å². The van der Waals surface area contributed by atoms with Crippen molar-refractivity contribution in [1.29, 1.82) is 0 Å². The van der Waals surface area contributed by atoms with E-state index in [1.54, 1.807) is 24.5 Å². The Kier molecular flexibility index (Phi) is 5.74. The number of carbonyl (C=O) groups excluding carboxylic acids is 1. The lowest BCUT2D eigenvalue weighted by Crippen LogP contribution is -2.17. The summed E-state index contributed by atoms with van der Waals surface area (Å²) in [5.74, 6) is -0.410. The quantitative estimate of drug-likeness (QED) is 0.817. The number of nitrogens with zero attached hydrogens (tertiary/aromatic N) is 1. The van der Waals surface area contributed by atoms with Crippen LogP contribution in [0.5, 0.6) is 5.75 Å². The predicted molar refractivity (Wildman–Crippen MR) is 92.8 cm³/mol. The minimum absolute atomic E-state index is 0.0408. The fourth-order valence-electron chi connectivity index (χ4n) is 2.51. The molecule has 130 valence electrons. The molecule has 1 aliphatic heterocycles. The molecule has 0 saturated carbocycles. The van der Waals surface area contributed by atoms with Crippen LogP contribution in [-0.4, -0.2) is 30.2 Å². The fourth-order valence-corrected chi connectivity index (χ4v) is 2.51. The largest absolute Gasteiger partial charge is 0.489 e. The van der Waals surface area contributed by atoms with Crippen LogP contribution in [0.1, 0.15) is 18.4 Å². The van der Waals surface area contributed by atoms with Crippen molar-refractivity contribution >= 4 is 17.7 Å². The van der Waals surface area contributed by atoms with Crippen molar-refractivity contribution in [2.75, 3.05) is 18.5 Å². The second-order valence-corrected chi connectivity index (χ2v) is 5.70. The number of benzene rings is 1. The summed E-state index contributed by atoms with van der Waals surface area (Å²) >= 11 is 0. The highest BCUT2D eigenvalue weighted by atomic mass is 19.1. The Morgan fingerprint density at radius 2 is 2.36 bits per heavy atom. The van der Waals surface area contributed by atoms with E-state index in [2.05, 4.69) is 10.3 Å². The van der Waals surface area contributed by atoms with E-state index in [1.165, 1.54) is 24.3 Å². The van der Waals surface area contributed by atoms with Crippen molar-refractivity contribution in [3.63, 3.8) is 0 Å². The van der Waals surface area contributed by atoms with Gasteiger partial charge >= 0.3 is 0 Å². The van der Waals surface area contributed by atoms with Gasteiger partial charge in [0.25, 0.3) is 0 Å². The van der Waals surface area contributed by atoms with Gasteiger partial charge in [0.1, 0.15) is 18.2 Å². The van der Waals surface area contributed by atoms with Crippen LogP contribution >= 0.6 is 0 Å². The normalized spacial score (nSPS) is 16.9. The molecular weight excluding hydrogens is 323 g/mol. The maximum atomic E-state index is 13.5. The zero-order valence-electron chi connectivity index (χ0n) is 13.7. The van der Waals surface area contributed by atoms with E-state index in [0.29, 0.717) is 18.0 Å². The number of ether oxygens (including phenoxy) is 2. The fraction of sp³-hybridized carbons (Fsp3) is 0.263. The molecule has 1 unspecified atom stereocenters. The van der Waals surface area contributed by atoms with Crippen LogP contribution in [-0.2, 0) is 9.53 Å². The van der Waals surface area contributed by atoms with Gasteiger partial charge in [-0.3, -0.25) is 9.78 Å². The third-order valence-electron chi connectivity index (χ3n) is 3.76. The second kappa shape index (κ2) is 8.39. The van der Waals surface area contributed by atoms with Crippen LogP contribution < -0.4 is 10.1 Å². The molecule has 1 fully saturated rings. The van der Waals surface area contributed by atoms with Crippen LogP contribution in [0.15, 0.2) is 48.8 Å². The van der Waals surface area contributed by atoms with Crippen LogP contribution in [0.2, 0.25) is 0 Å². The van der Waals surface area contributed by atoms with E-state index in [0.717, 1.165) is 25.0 Å². The average molecular weight is 342 g/mol. The van der Waals surface area contributed by atoms with Crippen LogP contribution in [0, 0.1) is 5.82 Å². The Bertz CT molecular complexity index is 744. The summed E-state index contributed by atoms with van der Waals surface area (Å²) in [5, 5.41) is 2.65. The number of nitrogens with one attached hydrogen (secondary N) is 1. The Hall–Kier alpha value is -2.73. The minimum Gasteiger partial charge on any atom is -0.489 e.